The van der Waals surface area contributed by atoms with E-state index < -0.39 is 0 Å². The van der Waals surface area contributed by atoms with Gasteiger partial charge in [0.15, 0.2) is 0 Å². The van der Waals surface area contributed by atoms with Crippen LogP contribution in [0.1, 0.15) is 48.5 Å². The zero-order valence-corrected chi connectivity index (χ0v) is 9.66. The van der Waals surface area contributed by atoms with E-state index in [2.05, 4.69) is 32.0 Å². The highest BCUT2D eigenvalue weighted by molar-refractivity contribution is 5.30. The second-order valence-corrected chi connectivity index (χ2v) is 4.91. The van der Waals surface area contributed by atoms with Gasteiger partial charge >= 0.3 is 0 Å². The summed E-state index contributed by atoms with van der Waals surface area (Å²) < 4.78 is 0. The molecule has 0 amide bonds. The molecule has 2 rings (SSSR count). The Kier molecular flexibility index (Phi) is 3.11. The topological polar surface area (TPSA) is 20.2 Å². The van der Waals surface area contributed by atoms with E-state index in [1.54, 1.807) is 0 Å². The maximum Gasteiger partial charge on any atom is 0.0818 e. The smallest absolute Gasteiger partial charge is 0.0818 e. The van der Waals surface area contributed by atoms with Crippen molar-refractivity contribution < 1.29 is 5.11 Å². The monoisotopic (exact) mass is 204 g/mol. The number of rotatable bonds is 2. The van der Waals surface area contributed by atoms with Crippen LogP contribution in [0.25, 0.3) is 0 Å². The van der Waals surface area contributed by atoms with Crippen molar-refractivity contribution in [2.24, 2.45) is 5.92 Å². The molecule has 1 aliphatic rings. The first-order valence-corrected chi connectivity index (χ1v) is 5.93. The Morgan fingerprint density at radius 1 is 1.07 bits per heavy atom. The first kappa shape index (κ1) is 10.7. The standard InChI is InChI=1S/C14H20O/c1-10-7-11(2)9-13(8-10)14(15)12-5-3-4-6-12/h7-9,12,14-15H,3-6H2,1-2H3/t14-/m0/s1. The van der Waals surface area contributed by atoms with Crippen molar-refractivity contribution >= 4 is 0 Å². The van der Waals surface area contributed by atoms with Gasteiger partial charge in [-0.25, -0.2) is 0 Å². The van der Waals surface area contributed by atoms with Gasteiger partial charge in [0, 0.05) is 0 Å². The molecule has 0 aliphatic heterocycles. The molecule has 1 aromatic carbocycles. The molecule has 1 N–H and O–H groups in total. The molecule has 1 fully saturated rings. The minimum atomic E-state index is -0.244. The third-order valence-electron chi connectivity index (χ3n) is 3.43. The Morgan fingerprint density at radius 2 is 1.60 bits per heavy atom. The third-order valence-corrected chi connectivity index (χ3v) is 3.43. The molecule has 1 aliphatic carbocycles. The molecule has 1 aromatic rings. The molecular formula is C14H20O. The summed E-state index contributed by atoms with van der Waals surface area (Å²) in [6, 6.07) is 6.40. The first-order chi connectivity index (χ1) is 7.16. The molecule has 1 nitrogen and oxygen atoms in total. The van der Waals surface area contributed by atoms with E-state index in [0.29, 0.717) is 5.92 Å². The number of aryl methyl sites for hydroxylation is 2. The van der Waals surface area contributed by atoms with E-state index in [-0.39, 0.29) is 6.10 Å². The van der Waals surface area contributed by atoms with Crippen molar-refractivity contribution in [2.75, 3.05) is 0 Å². The van der Waals surface area contributed by atoms with E-state index in [1.165, 1.54) is 36.8 Å². The quantitative estimate of drug-likeness (QED) is 0.781. The van der Waals surface area contributed by atoms with Crippen molar-refractivity contribution in [3.63, 3.8) is 0 Å². The number of aliphatic hydroxyl groups is 1. The number of hydrogen-bond donors (Lipinski definition) is 1. The highest BCUT2D eigenvalue weighted by atomic mass is 16.3. The molecule has 1 saturated carbocycles. The van der Waals surface area contributed by atoms with Gasteiger partial charge in [0.05, 0.1) is 6.10 Å². The van der Waals surface area contributed by atoms with Crippen LogP contribution in [0, 0.1) is 19.8 Å². The van der Waals surface area contributed by atoms with Gasteiger partial charge in [-0.15, -0.1) is 0 Å². The molecule has 0 heterocycles. The van der Waals surface area contributed by atoms with E-state index in [9.17, 15) is 5.11 Å². The van der Waals surface area contributed by atoms with Gasteiger partial charge in [-0.1, -0.05) is 42.2 Å². The van der Waals surface area contributed by atoms with Crippen molar-refractivity contribution in [3.05, 3.63) is 34.9 Å². The van der Waals surface area contributed by atoms with Crippen molar-refractivity contribution in [1.29, 1.82) is 0 Å². The van der Waals surface area contributed by atoms with Crippen LogP contribution in [0.15, 0.2) is 18.2 Å². The van der Waals surface area contributed by atoms with Gasteiger partial charge in [-0.2, -0.15) is 0 Å². The van der Waals surface area contributed by atoms with Gasteiger partial charge in [-0.3, -0.25) is 0 Å². The largest absolute Gasteiger partial charge is 0.388 e. The van der Waals surface area contributed by atoms with Crippen LogP contribution in [0.2, 0.25) is 0 Å². The fourth-order valence-corrected chi connectivity index (χ4v) is 2.73. The van der Waals surface area contributed by atoms with Crippen LogP contribution >= 0.6 is 0 Å². The van der Waals surface area contributed by atoms with Gasteiger partial charge < -0.3 is 5.11 Å². The predicted molar refractivity (Wildman–Crippen MR) is 62.8 cm³/mol. The highest BCUT2D eigenvalue weighted by Gasteiger charge is 2.24. The normalized spacial score (nSPS) is 19.4. The molecule has 0 aromatic heterocycles. The molecular weight excluding hydrogens is 184 g/mol. The lowest BCUT2D eigenvalue weighted by Gasteiger charge is -2.19. The zero-order chi connectivity index (χ0) is 10.8. The first-order valence-electron chi connectivity index (χ1n) is 5.93. The molecule has 0 bridgehead atoms. The fourth-order valence-electron chi connectivity index (χ4n) is 2.73. The Labute approximate surface area is 92.1 Å². The molecule has 1 heteroatoms. The Hall–Kier alpha value is -0.820. The van der Waals surface area contributed by atoms with Crippen molar-refractivity contribution in [2.45, 2.75) is 45.6 Å². The van der Waals surface area contributed by atoms with Crippen LogP contribution < -0.4 is 0 Å². The summed E-state index contributed by atoms with van der Waals surface area (Å²) in [6.07, 6.45) is 4.70. The summed E-state index contributed by atoms with van der Waals surface area (Å²) >= 11 is 0. The van der Waals surface area contributed by atoms with Gasteiger partial charge in [0.1, 0.15) is 0 Å². The molecule has 1 atom stereocenters. The lowest BCUT2D eigenvalue weighted by atomic mass is 9.92. The maximum absolute atomic E-state index is 10.3. The van der Waals surface area contributed by atoms with E-state index in [4.69, 9.17) is 0 Å². The van der Waals surface area contributed by atoms with E-state index >= 15 is 0 Å². The number of benzene rings is 1. The molecule has 15 heavy (non-hydrogen) atoms. The third kappa shape index (κ3) is 2.40. The summed E-state index contributed by atoms with van der Waals surface area (Å²) in [4.78, 5) is 0. The Balaban J connectivity index is 2.20. The average Bonchev–Trinajstić information content (AvgIpc) is 2.67. The summed E-state index contributed by atoms with van der Waals surface area (Å²) in [5.41, 5.74) is 3.61. The van der Waals surface area contributed by atoms with Crippen LogP contribution in [0.3, 0.4) is 0 Å². The molecule has 82 valence electrons. The fraction of sp³-hybridized carbons (Fsp3) is 0.571. The van der Waals surface area contributed by atoms with E-state index in [0.717, 1.165) is 5.56 Å². The maximum atomic E-state index is 10.3. The molecule has 0 unspecified atom stereocenters. The lowest BCUT2D eigenvalue weighted by Crippen LogP contribution is -2.09. The molecule has 0 spiro atoms. The average molecular weight is 204 g/mol. The summed E-state index contributed by atoms with van der Waals surface area (Å²) in [7, 11) is 0. The summed E-state index contributed by atoms with van der Waals surface area (Å²) in [6.45, 7) is 4.19. The van der Waals surface area contributed by atoms with Crippen molar-refractivity contribution in [3.8, 4) is 0 Å². The molecule has 0 saturated heterocycles. The number of hydrogen-bond acceptors (Lipinski definition) is 1. The van der Waals surface area contributed by atoms with Crippen LogP contribution in [0.5, 0.6) is 0 Å². The van der Waals surface area contributed by atoms with Gasteiger partial charge in [-0.05, 0) is 38.2 Å². The van der Waals surface area contributed by atoms with Crippen LogP contribution in [-0.4, -0.2) is 5.11 Å². The number of aliphatic hydroxyl groups excluding tert-OH is 1. The minimum absolute atomic E-state index is 0.244. The Morgan fingerprint density at radius 3 is 2.13 bits per heavy atom. The van der Waals surface area contributed by atoms with Crippen molar-refractivity contribution in [1.82, 2.24) is 0 Å². The molecule has 0 radical (unpaired) electrons. The second-order valence-electron chi connectivity index (χ2n) is 4.91. The summed E-state index contributed by atoms with van der Waals surface area (Å²) in [5, 5.41) is 10.3. The SMILES string of the molecule is Cc1cc(C)cc([C@@H](O)C2CCCC2)c1. The van der Waals surface area contributed by atoms with Gasteiger partial charge in [0.25, 0.3) is 0 Å². The van der Waals surface area contributed by atoms with Gasteiger partial charge in [0.2, 0.25) is 0 Å². The minimum Gasteiger partial charge on any atom is -0.388 e. The van der Waals surface area contributed by atoms with Crippen LogP contribution in [0.4, 0.5) is 0 Å². The summed E-state index contributed by atoms with van der Waals surface area (Å²) in [5.74, 6) is 0.492. The van der Waals surface area contributed by atoms with E-state index in [1.807, 2.05) is 0 Å². The highest BCUT2D eigenvalue weighted by Crippen LogP contribution is 2.35. The zero-order valence-electron chi connectivity index (χ0n) is 9.66. The second kappa shape index (κ2) is 4.36. The lowest BCUT2D eigenvalue weighted by molar-refractivity contribution is 0.111. The predicted octanol–water partition coefficient (Wildman–Crippen LogP) is 3.53. The van der Waals surface area contributed by atoms with Crippen LogP contribution in [-0.2, 0) is 0 Å². The Bertz CT molecular complexity index is 317.